The van der Waals surface area contributed by atoms with E-state index in [0.717, 1.165) is 30.6 Å². The molecule has 2 rings (SSSR count). The topological polar surface area (TPSA) is 41.1 Å². The lowest BCUT2D eigenvalue weighted by atomic mass is 9.79. The van der Waals surface area contributed by atoms with E-state index in [1.54, 1.807) is 11.3 Å². The Bertz CT molecular complexity index is 529. The van der Waals surface area contributed by atoms with Crippen LogP contribution in [-0.2, 0) is 6.42 Å². The molecule has 0 saturated carbocycles. The lowest BCUT2D eigenvalue weighted by Gasteiger charge is -2.46. The molecule has 3 nitrogen and oxygen atoms in total. The van der Waals surface area contributed by atoms with Gasteiger partial charge in [0.1, 0.15) is 0 Å². The Morgan fingerprint density at radius 2 is 1.91 bits per heavy atom. The number of carbonyl (C=O) groups excluding carboxylic acids is 1. The lowest BCUT2D eigenvalue weighted by Crippen LogP contribution is -2.62. The molecule has 1 saturated heterocycles. The standard InChI is InChI=1S/C18H30N2OS/c1-7-8-13-9-15(22-12(13)2)16(21)19-14-10-17(3,4)20-18(5,6)11-14/h9,14,20H,7-8,10-11H2,1-6H3,(H,19,21). The van der Waals surface area contributed by atoms with E-state index in [0.29, 0.717) is 0 Å². The highest BCUT2D eigenvalue weighted by atomic mass is 32.1. The minimum Gasteiger partial charge on any atom is -0.348 e. The molecule has 1 aromatic rings. The quantitative estimate of drug-likeness (QED) is 0.878. The molecule has 1 aliphatic heterocycles. The molecular weight excluding hydrogens is 292 g/mol. The smallest absolute Gasteiger partial charge is 0.261 e. The summed E-state index contributed by atoms with van der Waals surface area (Å²) in [4.78, 5) is 14.7. The number of hydrogen-bond acceptors (Lipinski definition) is 3. The van der Waals surface area contributed by atoms with Gasteiger partial charge in [0.15, 0.2) is 0 Å². The van der Waals surface area contributed by atoms with Crippen LogP contribution in [0.3, 0.4) is 0 Å². The van der Waals surface area contributed by atoms with Crippen LogP contribution < -0.4 is 10.6 Å². The molecule has 1 fully saturated rings. The number of thiophene rings is 1. The van der Waals surface area contributed by atoms with Gasteiger partial charge in [-0.2, -0.15) is 0 Å². The number of rotatable bonds is 4. The van der Waals surface area contributed by atoms with Crippen LogP contribution in [-0.4, -0.2) is 23.0 Å². The largest absolute Gasteiger partial charge is 0.348 e. The zero-order valence-electron chi connectivity index (χ0n) is 14.8. The van der Waals surface area contributed by atoms with Gasteiger partial charge in [0.25, 0.3) is 5.91 Å². The summed E-state index contributed by atoms with van der Waals surface area (Å²) in [5.41, 5.74) is 1.43. The number of nitrogens with one attached hydrogen (secondary N) is 2. The molecule has 1 aromatic heterocycles. The predicted molar refractivity (Wildman–Crippen MR) is 94.8 cm³/mol. The molecule has 0 aliphatic carbocycles. The van der Waals surface area contributed by atoms with Gasteiger partial charge < -0.3 is 10.6 Å². The van der Waals surface area contributed by atoms with Crippen LogP contribution in [0.25, 0.3) is 0 Å². The molecule has 2 N–H and O–H groups in total. The molecule has 0 bridgehead atoms. The first-order valence-corrected chi connectivity index (χ1v) is 9.13. The molecule has 124 valence electrons. The van der Waals surface area contributed by atoms with E-state index in [2.05, 4.69) is 58.2 Å². The normalized spacial score (nSPS) is 20.8. The molecule has 1 amide bonds. The first kappa shape index (κ1) is 17.5. The van der Waals surface area contributed by atoms with Crippen molar-refractivity contribution in [3.05, 3.63) is 21.4 Å². The minimum atomic E-state index is 0.0540. The molecule has 0 radical (unpaired) electrons. The number of piperidine rings is 1. The van der Waals surface area contributed by atoms with Gasteiger partial charge in [-0.3, -0.25) is 4.79 Å². The van der Waals surface area contributed by atoms with Crippen LogP contribution in [0.4, 0.5) is 0 Å². The average molecular weight is 323 g/mol. The van der Waals surface area contributed by atoms with Crippen molar-refractivity contribution in [1.82, 2.24) is 10.6 Å². The Balaban J connectivity index is 2.06. The Hall–Kier alpha value is -0.870. The maximum atomic E-state index is 12.6. The summed E-state index contributed by atoms with van der Waals surface area (Å²) in [5, 5.41) is 6.92. The van der Waals surface area contributed by atoms with Gasteiger partial charge in [-0.15, -0.1) is 11.3 Å². The highest BCUT2D eigenvalue weighted by molar-refractivity contribution is 7.14. The SMILES string of the molecule is CCCc1cc(C(=O)NC2CC(C)(C)NC(C)(C)C2)sc1C. The second kappa shape index (κ2) is 6.32. The monoisotopic (exact) mass is 322 g/mol. The van der Waals surface area contributed by atoms with Crippen LogP contribution in [0, 0.1) is 6.92 Å². The van der Waals surface area contributed by atoms with E-state index >= 15 is 0 Å². The van der Waals surface area contributed by atoms with Gasteiger partial charge in [0.05, 0.1) is 4.88 Å². The molecule has 0 aromatic carbocycles. The van der Waals surface area contributed by atoms with Crippen LogP contribution in [0.5, 0.6) is 0 Å². The summed E-state index contributed by atoms with van der Waals surface area (Å²) in [6, 6.07) is 2.31. The first-order chi connectivity index (χ1) is 10.1. The molecule has 0 unspecified atom stereocenters. The maximum Gasteiger partial charge on any atom is 0.261 e. The van der Waals surface area contributed by atoms with Crippen molar-refractivity contribution in [3.8, 4) is 0 Å². The predicted octanol–water partition coefficient (Wildman–Crippen LogP) is 4.05. The van der Waals surface area contributed by atoms with E-state index in [-0.39, 0.29) is 23.0 Å². The summed E-state index contributed by atoms with van der Waals surface area (Å²) in [7, 11) is 0. The van der Waals surface area contributed by atoms with E-state index < -0.39 is 0 Å². The van der Waals surface area contributed by atoms with Crippen LogP contribution in [0.15, 0.2) is 6.07 Å². The summed E-state index contributed by atoms with van der Waals surface area (Å²) >= 11 is 1.62. The average Bonchev–Trinajstić information content (AvgIpc) is 2.67. The fourth-order valence-electron chi connectivity index (χ4n) is 3.83. The number of amides is 1. The highest BCUT2D eigenvalue weighted by Gasteiger charge is 2.38. The fraction of sp³-hybridized carbons (Fsp3) is 0.722. The maximum absolute atomic E-state index is 12.6. The zero-order chi connectivity index (χ0) is 16.5. The summed E-state index contributed by atoms with van der Waals surface area (Å²) < 4.78 is 0. The number of aryl methyl sites for hydroxylation is 2. The third-order valence-corrected chi connectivity index (χ3v) is 5.38. The second-order valence-electron chi connectivity index (χ2n) is 7.91. The van der Waals surface area contributed by atoms with Crippen molar-refractivity contribution >= 4 is 17.2 Å². The van der Waals surface area contributed by atoms with Crippen molar-refractivity contribution < 1.29 is 4.79 Å². The van der Waals surface area contributed by atoms with E-state index in [4.69, 9.17) is 0 Å². The first-order valence-electron chi connectivity index (χ1n) is 8.31. The van der Waals surface area contributed by atoms with Crippen LogP contribution in [0.2, 0.25) is 0 Å². The van der Waals surface area contributed by atoms with Gasteiger partial charge in [-0.25, -0.2) is 0 Å². The summed E-state index contributed by atoms with van der Waals surface area (Å²) in [5.74, 6) is 0.0916. The van der Waals surface area contributed by atoms with Gasteiger partial charge in [0.2, 0.25) is 0 Å². The van der Waals surface area contributed by atoms with Crippen molar-refractivity contribution in [2.24, 2.45) is 0 Å². The number of hydrogen-bond donors (Lipinski definition) is 2. The summed E-state index contributed by atoms with van der Waals surface area (Å²) in [6.45, 7) is 13.1. The van der Waals surface area contributed by atoms with Crippen LogP contribution >= 0.6 is 11.3 Å². The second-order valence-corrected chi connectivity index (χ2v) is 9.17. The number of carbonyl (C=O) groups is 1. The minimum absolute atomic E-state index is 0.0540. The zero-order valence-corrected chi connectivity index (χ0v) is 15.6. The van der Waals surface area contributed by atoms with E-state index in [9.17, 15) is 4.79 Å². The molecule has 22 heavy (non-hydrogen) atoms. The molecule has 4 heteroatoms. The third-order valence-electron chi connectivity index (χ3n) is 4.29. The van der Waals surface area contributed by atoms with Gasteiger partial charge in [-0.1, -0.05) is 13.3 Å². The summed E-state index contributed by atoms with van der Waals surface area (Å²) in [6.07, 6.45) is 4.11. The van der Waals surface area contributed by atoms with Crippen LogP contribution in [0.1, 0.15) is 74.0 Å². The van der Waals surface area contributed by atoms with Crippen molar-refractivity contribution in [2.75, 3.05) is 0 Å². The van der Waals surface area contributed by atoms with E-state index in [1.807, 2.05) is 0 Å². The lowest BCUT2D eigenvalue weighted by molar-refractivity contribution is 0.0877. The Labute approximate surface area is 138 Å². The van der Waals surface area contributed by atoms with Crippen molar-refractivity contribution in [1.29, 1.82) is 0 Å². The Morgan fingerprint density at radius 3 is 2.45 bits per heavy atom. The van der Waals surface area contributed by atoms with Crippen molar-refractivity contribution in [2.45, 2.75) is 84.3 Å². The molecule has 0 atom stereocenters. The van der Waals surface area contributed by atoms with Gasteiger partial charge in [0, 0.05) is 22.0 Å². The van der Waals surface area contributed by atoms with E-state index in [1.165, 1.54) is 10.4 Å². The third kappa shape index (κ3) is 4.32. The molecule has 1 aliphatic rings. The molecular formula is C18H30N2OS. The molecule has 2 heterocycles. The van der Waals surface area contributed by atoms with Gasteiger partial charge >= 0.3 is 0 Å². The Morgan fingerprint density at radius 1 is 1.32 bits per heavy atom. The molecule has 0 spiro atoms. The highest BCUT2D eigenvalue weighted by Crippen LogP contribution is 2.29. The van der Waals surface area contributed by atoms with Gasteiger partial charge in [-0.05, 0) is 65.5 Å². The van der Waals surface area contributed by atoms with Crippen molar-refractivity contribution in [3.63, 3.8) is 0 Å². The fourth-order valence-corrected chi connectivity index (χ4v) is 4.80. The Kier molecular flexibility index (Phi) is 5.03.